The standard InChI is InChI=1S/C17H17N3O3/c1-2-22-14-4-6-15(7-5-14)23-11-17(21)19-13-3-8-16-12(9-13)10-18-20-16/h3-10H,2,11H2,1H3,(H,18,20)(H,19,21). The molecule has 0 radical (unpaired) electrons. The quantitative estimate of drug-likeness (QED) is 0.734. The molecule has 2 N–H and O–H groups in total. The highest BCUT2D eigenvalue weighted by atomic mass is 16.5. The van der Waals surface area contributed by atoms with Crippen LogP contribution in [0, 0.1) is 0 Å². The summed E-state index contributed by atoms with van der Waals surface area (Å²) < 4.78 is 10.8. The third-order valence-corrected chi connectivity index (χ3v) is 3.23. The van der Waals surface area contributed by atoms with Gasteiger partial charge < -0.3 is 14.8 Å². The number of nitrogens with one attached hydrogen (secondary N) is 2. The Balaban J connectivity index is 1.54. The van der Waals surface area contributed by atoms with Gasteiger partial charge in [0, 0.05) is 11.1 Å². The largest absolute Gasteiger partial charge is 0.494 e. The third-order valence-electron chi connectivity index (χ3n) is 3.23. The summed E-state index contributed by atoms with van der Waals surface area (Å²) in [5.41, 5.74) is 1.63. The van der Waals surface area contributed by atoms with Gasteiger partial charge in [0.15, 0.2) is 6.61 Å². The fraction of sp³-hybridized carbons (Fsp3) is 0.176. The van der Waals surface area contributed by atoms with E-state index in [1.807, 2.05) is 37.3 Å². The molecule has 0 saturated carbocycles. The van der Waals surface area contributed by atoms with E-state index in [0.29, 0.717) is 18.0 Å². The highest BCUT2D eigenvalue weighted by Gasteiger charge is 2.05. The van der Waals surface area contributed by atoms with E-state index >= 15 is 0 Å². The van der Waals surface area contributed by atoms with Gasteiger partial charge in [0.2, 0.25) is 0 Å². The summed E-state index contributed by atoms with van der Waals surface area (Å²) in [6, 6.07) is 12.7. The molecule has 6 nitrogen and oxygen atoms in total. The van der Waals surface area contributed by atoms with E-state index in [-0.39, 0.29) is 12.5 Å². The lowest BCUT2D eigenvalue weighted by atomic mass is 10.2. The smallest absolute Gasteiger partial charge is 0.262 e. The summed E-state index contributed by atoms with van der Waals surface area (Å²) in [6.07, 6.45) is 1.71. The van der Waals surface area contributed by atoms with Crippen molar-refractivity contribution in [3.8, 4) is 11.5 Å². The lowest BCUT2D eigenvalue weighted by Gasteiger charge is -2.08. The third kappa shape index (κ3) is 3.79. The first kappa shape index (κ1) is 14.9. The molecule has 6 heteroatoms. The van der Waals surface area contributed by atoms with E-state index in [2.05, 4.69) is 15.5 Å². The van der Waals surface area contributed by atoms with Gasteiger partial charge in [0.1, 0.15) is 11.5 Å². The summed E-state index contributed by atoms with van der Waals surface area (Å²) in [7, 11) is 0. The van der Waals surface area contributed by atoms with Gasteiger partial charge >= 0.3 is 0 Å². The average molecular weight is 311 g/mol. The van der Waals surface area contributed by atoms with Gasteiger partial charge in [-0.15, -0.1) is 0 Å². The lowest BCUT2D eigenvalue weighted by Crippen LogP contribution is -2.20. The number of fused-ring (bicyclic) bond motifs is 1. The second-order valence-corrected chi connectivity index (χ2v) is 4.91. The Kier molecular flexibility index (Phi) is 4.42. The minimum absolute atomic E-state index is 0.0581. The zero-order chi connectivity index (χ0) is 16.1. The van der Waals surface area contributed by atoms with Gasteiger partial charge in [0.25, 0.3) is 5.91 Å². The van der Waals surface area contributed by atoms with E-state index in [0.717, 1.165) is 16.7 Å². The predicted molar refractivity (Wildman–Crippen MR) is 87.8 cm³/mol. The van der Waals surface area contributed by atoms with Gasteiger partial charge in [-0.25, -0.2) is 0 Å². The maximum Gasteiger partial charge on any atom is 0.262 e. The summed E-state index contributed by atoms with van der Waals surface area (Å²) >= 11 is 0. The van der Waals surface area contributed by atoms with Gasteiger partial charge in [-0.2, -0.15) is 5.10 Å². The van der Waals surface area contributed by atoms with Crippen molar-refractivity contribution in [3.05, 3.63) is 48.7 Å². The van der Waals surface area contributed by atoms with Crippen LogP contribution in [-0.4, -0.2) is 29.3 Å². The Morgan fingerprint density at radius 3 is 2.61 bits per heavy atom. The fourth-order valence-electron chi connectivity index (χ4n) is 2.17. The lowest BCUT2D eigenvalue weighted by molar-refractivity contribution is -0.118. The van der Waals surface area contributed by atoms with Crippen molar-refractivity contribution in [3.63, 3.8) is 0 Å². The molecule has 0 fully saturated rings. The number of carbonyl (C=O) groups is 1. The number of aromatic amines is 1. The number of ether oxygens (including phenoxy) is 2. The van der Waals surface area contributed by atoms with E-state index in [4.69, 9.17) is 9.47 Å². The Morgan fingerprint density at radius 1 is 1.13 bits per heavy atom. The summed E-state index contributed by atoms with van der Waals surface area (Å²) in [5.74, 6) is 1.17. The van der Waals surface area contributed by atoms with Crippen LogP contribution in [0.4, 0.5) is 5.69 Å². The van der Waals surface area contributed by atoms with Crippen molar-refractivity contribution < 1.29 is 14.3 Å². The van der Waals surface area contributed by atoms with E-state index in [1.165, 1.54) is 0 Å². The van der Waals surface area contributed by atoms with Gasteiger partial charge in [-0.1, -0.05) is 0 Å². The molecule has 0 aliphatic heterocycles. The van der Waals surface area contributed by atoms with Crippen molar-refractivity contribution in [2.24, 2.45) is 0 Å². The fourth-order valence-corrected chi connectivity index (χ4v) is 2.17. The zero-order valence-electron chi connectivity index (χ0n) is 12.7. The van der Waals surface area contributed by atoms with Crippen molar-refractivity contribution >= 4 is 22.5 Å². The minimum atomic E-state index is -0.221. The van der Waals surface area contributed by atoms with Gasteiger partial charge in [-0.3, -0.25) is 9.89 Å². The normalized spacial score (nSPS) is 10.5. The molecule has 0 aliphatic rings. The van der Waals surface area contributed by atoms with Crippen LogP contribution in [-0.2, 0) is 4.79 Å². The number of H-pyrrole nitrogens is 1. The van der Waals surface area contributed by atoms with Crippen LogP contribution in [0.2, 0.25) is 0 Å². The minimum Gasteiger partial charge on any atom is -0.494 e. The van der Waals surface area contributed by atoms with Crippen LogP contribution in [0.3, 0.4) is 0 Å². The molecule has 0 saturated heterocycles. The second-order valence-electron chi connectivity index (χ2n) is 4.91. The van der Waals surface area contributed by atoms with Crippen molar-refractivity contribution in [2.45, 2.75) is 6.92 Å². The van der Waals surface area contributed by atoms with Crippen molar-refractivity contribution in [1.82, 2.24) is 10.2 Å². The Labute approximate surface area is 133 Å². The number of hydrogen-bond donors (Lipinski definition) is 2. The maximum atomic E-state index is 11.9. The molecular formula is C17H17N3O3. The molecule has 0 spiro atoms. The maximum absolute atomic E-state index is 11.9. The predicted octanol–water partition coefficient (Wildman–Crippen LogP) is 2.98. The molecule has 118 valence electrons. The second kappa shape index (κ2) is 6.83. The first-order valence-electron chi connectivity index (χ1n) is 7.33. The average Bonchev–Trinajstić information content (AvgIpc) is 3.02. The molecule has 3 aromatic rings. The van der Waals surface area contributed by atoms with Crippen molar-refractivity contribution in [2.75, 3.05) is 18.5 Å². The number of nitrogens with zero attached hydrogens (tertiary/aromatic N) is 1. The molecule has 0 unspecified atom stereocenters. The molecular weight excluding hydrogens is 294 g/mol. The number of aromatic nitrogens is 2. The molecule has 1 amide bonds. The highest BCUT2D eigenvalue weighted by molar-refractivity contribution is 5.94. The number of anilines is 1. The monoisotopic (exact) mass is 311 g/mol. The molecule has 0 bridgehead atoms. The first-order valence-corrected chi connectivity index (χ1v) is 7.33. The number of benzene rings is 2. The van der Waals surface area contributed by atoms with Crippen LogP contribution in [0.15, 0.2) is 48.7 Å². The number of carbonyl (C=O) groups excluding carboxylic acids is 1. The Hall–Kier alpha value is -3.02. The van der Waals surface area contributed by atoms with Crippen LogP contribution in [0.25, 0.3) is 10.9 Å². The van der Waals surface area contributed by atoms with E-state index in [1.54, 1.807) is 18.3 Å². The molecule has 23 heavy (non-hydrogen) atoms. The van der Waals surface area contributed by atoms with Crippen LogP contribution < -0.4 is 14.8 Å². The summed E-state index contributed by atoms with van der Waals surface area (Å²) in [6.45, 7) is 2.48. The SMILES string of the molecule is CCOc1ccc(OCC(=O)Nc2ccc3[nH]ncc3c2)cc1. The van der Waals surface area contributed by atoms with E-state index in [9.17, 15) is 4.79 Å². The first-order chi connectivity index (χ1) is 11.2. The number of hydrogen-bond acceptors (Lipinski definition) is 4. The zero-order valence-corrected chi connectivity index (χ0v) is 12.7. The van der Waals surface area contributed by atoms with E-state index < -0.39 is 0 Å². The summed E-state index contributed by atoms with van der Waals surface area (Å²) in [4.78, 5) is 11.9. The highest BCUT2D eigenvalue weighted by Crippen LogP contribution is 2.18. The summed E-state index contributed by atoms with van der Waals surface area (Å²) in [5, 5.41) is 10.5. The molecule has 1 aromatic heterocycles. The van der Waals surface area contributed by atoms with Crippen LogP contribution in [0.5, 0.6) is 11.5 Å². The molecule has 2 aromatic carbocycles. The van der Waals surface area contributed by atoms with Gasteiger partial charge in [0.05, 0.1) is 18.3 Å². The molecule has 0 aliphatic carbocycles. The number of amides is 1. The molecule has 1 heterocycles. The molecule has 0 atom stereocenters. The molecule has 3 rings (SSSR count). The van der Waals surface area contributed by atoms with Crippen molar-refractivity contribution in [1.29, 1.82) is 0 Å². The Bertz CT molecular complexity index is 796. The van der Waals surface area contributed by atoms with Crippen LogP contribution in [0.1, 0.15) is 6.92 Å². The topological polar surface area (TPSA) is 76.2 Å². The van der Waals surface area contributed by atoms with Gasteiger partial charge in [-0.05, 0) is 49.4 Å². The Morgan fingerprint density at radius 2 is 1.87 bits per heavy atom. The van der Waals surface area contributed by atoms with Crippen LogP contribution >= 0.6 is 0 Å². The number of rotatable bonds is 6.